The van der Waals surface area contributed by atoms with Crippen LogP contribution < -0.4 is 11.1 Å². The molecule has 2 nitrogen and oxygen atoms in total. The summed E-state index contributed by atoms with van der Waals surface area (Å²) in [7, 11) is 0. The van der Waals surface area contributed by atoms with Gasteiger partial charge in [0, 0.05) is 0 Å². The van der Waals surface area contributed by atoms with Crippen molar-refractivity contribution in [3.05, 3.63) is 17.7 Å². The van der Waals surface area contributed by atoms with E-state index in [0.717, 1.165) is 11.4 Å². The van der Waals surface area contributed by atoms with Crippen molar-refractivity contribution >= 4 is 17.1 Å². The van der Waals surface area contributed by atoms with Crippen molar-refractivity contribution in [1.29, 1.82) is 0 Å². The van der Waals surface area contributed by atoms with Crippen LogP contribution in [0, 0.1) is 6.92 Å². The van der Waals surface area contributed by atoms with Crippen LogP contribution in [0.4, 0.5) is 17.1 Å². The number of fused-ring (bicyclic) bond motifs is 1. The number of hydrogen-bond donors (Lipinski definition) is 2. The van der Waals surface area contributed by atoms with Crippen molar-refractivity contribution in [3.8, 4) is 0 Å². The number of benzene rings is 1. The molecule has 0 unspecified atom stereocenters. The van der Waals surface area contributed by atoms with E-state index in [-0.39, 0.29) is 0 Å². The van der Waals surface area contributed by atoms with Gasteiger partial charge in [-0.3, -0.25) is 0 Å². The lowest BCUT2D eigenvalue weighted by atomic mass is 10.2. The highest BCUT2D eigenvalue weighted by molar-refractivity contribution is 6.00. The molecule has 0 spiro atoms. The van der Waals surface area contributed by atoms with Crippen molar-refractivity contribution < 1.29 is 0 Å². The quantitative estimate of drug-likeness (QED) is 0.410. The Hall–Kier alpha value is -1.18. The molecule has 1 aliphatic heterocycles. The standard InChI is InChI=1S/C7H8N2/c1-4-2-3-5(8)7-6(4)9-7/h2-3,9H,8H2,1H3. The van der Waals surface area contributed by atoms with E-state index in [0.29, 0.717) is 0 Å². The predicted octanol–water partition coefficient (Wildman–Crippen LogP) is 1.63. The zero-order valence-corrected chi connectivity index (χ0v) is 5.23. The van der Waals surface area contributed by atoms with E-state index in [1.807, 2.05) is 12.1 Å². The van der Waals surface area contributed by atoms with E-state index in [1.54, 1.807) is 0 Å². The van der Waals surface area contributed by atoms with Crippen LogP contribution in [0.3, 0.4) is 0 Å². The zero-order chi connectivity index (χ0) is 6.43. The van der Waals surface area contributed by atoms with Crippen LogP contribution in [0.25, 0.3) is 0 Å². The van der Waals surface area contributed by atoms with Gasteiger partial charge in [-0.2, -0.15) is 0 Å². The third-order valence-electron chi connectivity index (χ3n) is 1.63. The Morgan fingerprint density at radius 1 is 1.33 bits per heavy atom. The zero-order valence-electron chi connectivity index (χ0n) is 5.23. The first-order valence-corrected chi connectivity index (χ1v) is 2.95. The molecular weight excluding hydrogens is 112 g/mol. The van der Waals surface area contributed by atoms with E-state index in [1.165, 1.54) is 11.3 Å². The normalized spacial score (nSPS) is 12.1. The summed E-state index contributed by atoms with van der Waals surface area (Å²) in [5, 5.41) is 3.10. The smallest absolute Gasteiger partial charge is 0.0860 e. The molecule has 0 aliphatic carbocycles. The van der Waals surface area contributed by atoms with Crippen molar-refractivity contribution in [1.82, 2.24) is 0 Å². The molecule has 9 heavy (non-hydrogen) atoms. The highest BCUT2D eigenvalue weighted by atomic mass is 15.1. The summed E-state index contributed by atoms with van der Waals surface area (Å²) in [5.74, 6) is 0. The molecule has 0 atom stereocenters. The minimum atomic E-state index is 0.857. The Bertz CT molecular complexity index is 239. The molecule has 0 saturated carbocycles. The molecule has 0 amide bonds. The van der Waals surface area contributed by atoms with Gasteiger partial charge in [-0.15, -0.1) is 0 Å². The number of rotatable bonds is 0. The van der Waals surface area contributed by atoms with Crippen molar-refractivity contribution in [2.24, 2.45) is 0 Å². The van der Waals surface area contributed by atoms with Crippen LogP contribution in [-0.2, 0) is 0 Å². The maximum absolute atomic E-state index is 5.58. The Labute approximate surface area is 53.7 Å². The topological polar surface area (TPSA) is 48.0 Å². The lowest BCUT2D eigenvalue weighted by molar-refractivity contribution is 1.54. The van der Waals surface area contributed by atoms with Gasteiger partial charge >= 0.3 is 0 Å². The highest BCUT2D eigenvalue weighted by Gasteiger charge is 2.20. The third kappa shape index (κ3) is 0.499. The summed E-state index contributed by atoms with van der Waals surface area (Å²) in [5.41, 5.74) is 10.1. The van der Waals surface area contributed by atoms with Crippen molar-refractivity contribution in [2.75, 3.05) is 11.1 Å². The minimum absolute atomic E-state index is 0.857. The molecule has 0 saturated heterocycles. The monoisotopic (exact) mass is 120 g/mol. The number of nitrogens with two attached hydrogens (primary N) is 1. The van der Waals surface area contributed by atoms with Gasteiger partial charge in [-0.1, -0.05) is 6.07 Å². The number of nitrogens with one attached hydrogen (secondary N) is 1. The Kier molecular flexibility index (Phi) is 0.628. The second-order valence-corrected chi connectivity index (χ2v) is 2.35. The Morgan fingerprint density at radius 2 is 2.11 bits per heavy atom. The fourth-order valence-corrected chi connectivity index (χ4v) is 0.987. The van der Waals surface area contributed by atoms with Crippen LogP contribution in [0.1, 0.15) is 5.56 Å². The molecule has 0 radical (unpaired) electrons. The Balaban J connectivity index is 2.68. The summed E-state index contributed by atoms with van der Waals surface area (Å²) in [6, 6.07) is 3.95. The molecule has 1 aromatic rings. The van der Waals surface area contributed by atoms with Gasteiger partial charge in [-0.05, 0) is 18.6 Å². The van der Waals surface area contributed by atoms with E-state index in [9.17, 15) is 0 Å². The van der Waals surface area contributed by atoms with Gasteiger partial charge in [-0.25, -0.2) is 0 Å². The van der Waals surface area contributed by atoms with Crippen LogP contribution >= 0.6 is 0 Å². The van der Waals surface area contributed by atoms with Crippen molar-refractivity contribution in [2.45, 2.75) is 6.92 Å². The molecule has 0 fully saturated rings. The second kappa shape index (κ2) is 1.21. The molecule has 0 aromatic heterocycles. The van der Waals surface area contributed by atoms with Gasteiger partial charge in [0.1, 0.15) is 0 Å². The first-order valence-electron chi connectivity index (χ1n) is 2.95. The van der Waals surface area contributed by atoms with Gasteiger partial charge < -0.3 is 11.1 Å². The number of nitrogen functional groups attached to an aromatic ring is 1. The molecule has 2 heteroatoms. The van der Waals surface area contributed by atoms with Gasteiger partial charge in [0.2, 0.25) is 0 Å². The van der Waals surface area contributed by atoms with Crippen LogP contribution in [-0.4, -0.2) is 0 Å². The van der Waals surface area contributed by atoms with Crippen LogP contribution in [0.5, 0.6) is 0 Å². The van der Waals surface area contributed by atoms with E-state index in [4.69, 9.17) is 5.73 Å². The molecule has 46 valence electrons. The maximum atomic E-state index is 5.58. The fourth-order valence-electron chi connectivity index (χ4n) is 0.987. The second-order valence-electron chi connectivity index (χ2n) is 2.35. The first kappa shape index (κ1) is 4.68. The average molecular weight is 120 g/mol. The van der Waals surface area contributed by atoms with Crippen molar-refractivity contribution in [3.63, 3.8) is 0 Å². The molecule has 1 aliphatic rings. The molecule has 2 rings (SSSR count). The highest BCUT2D eigenvalue weighted by Crippen LogP contribution is 2.45. The minimum Gasteiger partial charge on any atom is -0.397 e. The maximum Gasteiger partial charge on any atom is 0.0860 e. The summed E-state index contributed by atoms with van der Waals surface area (Å²) >= 11 is 0. The summed E-state index contributed by atoms with van der Waals surface area (Å²) in [6.45, 7) is 2.07. The average Bonchev–Trinajstić information content (AvgIpc) is 2.57. The van der Waals surface area contributed by atoms with E-state index < -0.39 is 0 Å². The van der Waals surface area contributed by atoms with Crippen LogP contribution in [0.2, 0.25) is 0 Å². The molecule has 1 heterocycles. The van der Waals surface area contributed by atoms with Gasteiger partial charge in [0.25, 0.3) is 0 Å². The fraction of sp³-hybridized carbons (Fsp3) is 0.143. The third-order valence-corrected chi connectivity index (χ3v) is 1.63. The molecule has 3 N–H and O–H groups in total. The SMILES string of the molecule is Cc1ccc(N)c2c1N2. The molecule has 0 bridgehead atoms. The Morgan fingerprint density at radius 3 is 2.78 bits per heavy atom. The largest absolute Gasteiger partial charge is 0.397 e. The first-order chi connectivity index (χ1) is 4.29. The number of hydrogen-bond acceptors (Lipinski definition) is 2. The lowest BCUT2D eigenvalue weighted by Crippen LogP contribution is -1.79. The lowest BCUT2D eigenvalue weighted by Gasteiger charge is -1.86. The van der Waals surface area contributed by atoms with Gasteiger partial charge in [0.15, 0.2) is 0 Å². The van der Waals surface area contributed by atoms with Gasteiger partial charge in [0.05, 0.1) is 17.1 Å². The predicted molar refractivity (Wildman–Crippen MR) is 38.9 cm³/mol. The van der Waals surface area contributed by atoms with Crippen LogP contribution in [0.15, 0.2) is 12.1 Å². The summed E-state index contributed by atoms with van der Waals surface area (Å²) < 4.78 is 0. The number of aryl methyl sites for hydroxylation is 1. The summed E-state index contributed by atoms with van der Waals surface area (Å²) in [6.07, 6.45) is 0. The molecule has 1 aromatic carbocycles. The van der Waals surface area contributed by atoms with E-state index >= 15 is 0 Å². The summed E-state index contributed by atoms with van der Waals surface area (Å²) in [4.78, 5) is 0. The molecular formula is C7H8N2. The number of anilines is 3. The van der Waals surface area contributed by atoms with E-state index in [2.05, 4.69) is 12.2 Å².